The first-order chi connectivity index (χ1) is 6.38. The van der Waals surface area contributed by atoms with E-state index in [1.807, 2.05) is 0 Å². The van der Waals surface area contributed by atoms with Gasteiger partial charge in [0.1, 0.15) is 5.60 Å². The van der Waals surface area contributed by atoms with Crippen LogP contribution in [0.3, 0.4) is 0 Å². The van der Waals surface area contributed by atoms with Crippen molar-refractivity contribution in [1.82, 2.24) is 10.2 Å². The number of halogens is 1. The maximum atomic E-state index is 12.9. The van der Waals surface area contributed by atoms with Crippen LogP contribution in [0, 0.1) is 0 Å². The van der Waals surface area contributed by atoms with Crippen molar-refractivity contribution < 1.29 is 13.9 Å². The highest BCUT2D eigenvalue weighted by Gasteiger charge is 2.26. The van der Waals surface area contributed by atoms with Crippen LogP contribution < -0.4 is 5.32 Å². The van der Waals surface area contributed by atoms with Gasteiger partial charge in [-0.3, -0.25) is 5.32 Å². The van der Waals surface area contributed by atoms with E-state index in [2.05, 4.69) is 5.32 Å². The molecule has 0 aliphatic carbocycles. The molecule has 82 valence electrons. The molecule has 0 bridgehead atoms. The first-order valence-corrected chi connectivity index (χ1v) is 4.74. The Bertz CT molecular complexity index is 215. The van der Waals surface area contributed by atoms with Crippen LogP contribution >= 0.6 is 0 Å². The van der Waals surface area contributed by atoms with Gasteiger partial charge < -0.3 is 9.64 Å². The van der Waals surface area contributed by atoms with Crippen LogP contribution in [0.15, 0.2) is 0 Å². The summed E-state index contributed by atoms with van der Waals surface area (Å²) in [7, 11) is 0. The van der Waals surface area contributed by atoms with Crippen molar-refractivity contribution in [3.05, 3.63) is 0 Å². The summed E-state index contributed by atoms with van der Waals surface area (Å²) < 4.78 is 18.0. The van der Waals surface area contributed by atoms with E-state index in [1.54, 1.807) is 20.8 Å². The fourth-order valence-corrected chi connectivity index (χ4v) is 1.20. The minimum atomic E-state index is -1.14. The molecule has 0 aromatic carbocycles. The Labute approximate surface area is 83.4 Å². The lowest BCUT2D eigenvalue weighted by atomic mass is 10.2. The van der Waals surface area contributed by atoms with E-state index in [9.17, 15) is 9.18 Å². The lowest BCUT2D eigenvalue weighted by Gasteiger charge is -2.31. The van der Waals surface area contributed by atoms with Crippen LogP contribution in [-0.2, 0) is 4.74 Å². The minimum Gasteiger partial charge on any atom is -0.444 e. The van der Waals surface area contributed by atoms with Crippen LogP contribution in [0.25, 0.3) is 0 Å². The summed E-state index contributed by atoms with van der Waals surface area (Å²) in [5.41, 5.74) is -0.520. The highest BCUT2D eigenvalue weighted by Crippen LogP contribution is 2.11. The van der Waals surface area contributed by atoms with E-state index in [0.717, 1.165) is 0 Å². The topological polar surface area (TPSA) is 41.6 Å². The van der Waals surface area contributed by atoms with Gasteiger partial charge in [0.2, 0.25) is 0 Å². The molecule has 0 spiro atoms. The SMILES string of the molecule is CC(C)(C)OC(=O)N1CCNC(F)C1. The number of nitrogens with zero attached hydrogens (tertiary/aromatic N) is 1. The summed E-state index contributed by atoms with van der Waals surface area (Å²) in [6.07, 6.45) is -1.59. The molecule has 0 radical (unpaired) electrons. The van der Waals surface area contributed by atoms with Crippen LogP contribution in [0.2, 0.25) is 0 Å². The number of carbonyl (C=O) groups is 1. The molecule has 0 saturated carbocycles. The maximum absolute atomic E-state index is 12.9. The lowest BCUT2D eigenvalue weighted by Crippen LogP contribution is -2.51. The first kappa shape index (κ1) is 11.2. The number of piperazine rings is 1. The average Bonchev–Trinajstić information content (AvgIpc) is 2.01. The lowest BCUT2D eigenvalue weighted by molar-refractivity contribution is 0.0125. The Morgan fingerprint density at radius 1 is 1.57 bits per heavy atom. The molecule has 5 heteroatoms. The third kappa shape index (κ3) is 3.49. The second-order valence-electron chi connectivity index (χ2n) is 4.35. The summed E-state index contributed by atoms with van der Waals surface area (Å²) in [4.78, 5) is 12.8. The Balaban J connectivity index is 2.44. The number of ether oxygens (including phenoxy) is 1. The zero-order valence-corrected chi connectivity index (χ0v) is 8.84. The Hall–Kier alpha value is -0.840. The second-order valence-corrected chi connectivity index (χ2v) is 4.35. The van der Waals surface area contributed by atoms with Gasteiger partial charge in [0.25, 0.3) is 0 Å². The molecular weight excluding hydrogens is 187 g/mol. The average molecular weight is 204 g/mol. The van der Waals surface area contributed by atoms with Gasteiger partial charge in [0.05, 0.1) is 6.54 Å². The van der Waals surface area contributed by atoms with Crippen molar-refractivity contribution in [2.75, 3.05) is 19.6 Å². The molecule has 4 nitrogen and oxygen atoms in total. The van der Waals surface area contributed by atoms with Crippen LogP contribution in [-0.4, -0.2) is 42.5 Å². The fourth-order valence-electron chi connectivity index (χ4n) is 1.20. The summed E-state index contributed by atoms with van der Waals surface area (Å²) in [6.45, 7) is 6.41. The van der Waals surface area contributed by atoms with Crippen molar-refractivity contribution in [2.45, 2.75) is 32.7 Å². The van der Waals surface area contributed by atoms with Crippen molar-refractivity contribution in [3.63, 3.8) is 0 Å². The van der Waals surface area contributed by atoms with Crippen LogP contribution in [0.4, 0.5) is 9.18 Å². The molecule has 1 rings (SSSR count). The summed E-state index contributed by atoms with van der Waals surface area (Å²) >= 11 is 0. The largest absolute Gasteiger partial charge is 0.444 e. The van der Waals surface area contributed by atoms with E-state index < -0.39 is 18.0 Å². The predicted octanol–water partition coefficient (Wildman–Crippen LogP) is 1.12. The van der Waals surface area contributed by atoms with Crippen LogP contribution in [0.1, 0.15) is 20.8 Å². The molecule has 1 fully saturated rings. The maximum Gasteiger partial charge on any atom is 0.410 e. The summed E-state index contributed by atoms with van der Waals surface area (Å²) in [5.74, 6) is 0. The fraction of sp³-hybridized carbons (Fsp3) is 0.889. The molecule has 1 aliphatic heterocycles. The Morgan fingerprint density at radius 3 is 2.71 bits per heavy atom. The van der Waals surface area contributed by atoms with E-state index in [0.29, 0.717) is 13.1 Å². The van der Waals surface area contributed by atoms with Gasteiger partial charge in [-0.2, -0.15) is 0 Å². The first-order valence-electron chi connectivity index (χ1n) is 4.74. The van der Waals surface area contributed by atoms with E-state index in [-0.39, 0.29) is 6.54 Å². The normalized spacial score (nSPS) is 23.4. The predicted molar refractivity (Wildman–Crippen MR) is 50.7 cm³/mol. The third-order valence-corrected chi connectivity index (χ3v) is 1.78. The molecular formula is C9H17FN2O2. The summed E-state index contributed by atoms with van der Waals surface area (Å²) in [6, 6.07) is 0. The molecule has 1 unspecified atom stereocenters. The zero-order chi connectivity index (χ0) is 10.8. The molecule has 0 aromatic heterocycles. The molecule has 1 aliphatic rings. The Morgan fingerprint density at radius 2 is 2.21 bits per heavy atom. The van der Waals surface area contributed by atoms with Gasteiger partial charge in [0, 0.05) is 13.1 Å². The number of amides is 1. The highest BCUT2D eigenvalue weighted by atomic mass is 19.1. The van der Waals surface area contributed by atoms with Gasteiger partial charge in [-0.05, 0) is 20.8 Å². The van der Waals surface area contributed by atoms with Gasteiger partial charge in [-0.1, -0.05) is 0 Å². The van der Waals surface area contributed by atoms with Crippen molar-refractivity contribution in [3.8, 4) is 0 Å². The number of alkyl halides is 1. The molecule has 1 saturated heterocycles. The molecule has 14 heavy (non-hydrogen) atoms. The van der Waals surface area contributed by atoms with Crippen molar-refractivity contribution in [1.29, 1.82) is 0 Å². The Kier molecular flexibility index (Phi) is 3.31. The third-order valence-electron chi connectivity index (χ3n) is 1.78. The van der Waals surface area contributed by atoms with E-state index in [4.69, 9.17) is 4.74 Å². The van der Waals surface area contributed by atoms with Crippen molar-refractivity contribution in [2.24, 2.45) is 0 Å². The monoisotopic (exact) mass is 204 g/mol. The highest BCUT2D eigenvalue weighted by molar-refractivity contribution is 5.68. The van der Waals surface area contributed by atoms with Crippen molar-refractivity contribution >= 4 is 6.09 Å². The van der Waals surface area contributed by atoms with E-state index in [1.165, 1.54) is 4.90 Å². The number of carbonyl (C=O) groups excluding carboxylic acids is 1. The van der Waals surface area contributed by atoms with Gasteiger partial charge in [0.15, 0.2) is 6.30 Å². The molecule has 1 heterocycles. The molecule has 1 atom stereocenters. The molecule has 0 aromatic rings. The second kappa shape index (κ2) is 4.13. The quantitative estimate of drug-likeness (QED) is 0.601. The van der Waals surface area contributed by atoms with Gasteiger partial charge in [-0.25, -0.2) is 9.18 Å². The minimum absolute atomic E-state index is 0.0644. The summed E-state index contributed by atoms with van der Waals surface area (Å²) in [5, 5.41) is 2.61. The number of rotatable bonds is 0. The number of nitrogens with one attached hydrogen (secondary N) is 1. The van der Waals surface area contributed by atoms with Gasteiger partial charge in [-0.15, -0.1) is 0 Å². The smallest absolute Gasteiger partial charge is 0.410 e. The van der Waals surface area contributed by atoms with E-state index >= 15 is 0 Å². The molecule has 1 amide bonds. The molecule has 1 N–H and O–H groups in total. The number of hydrogen-bond acceptors (Lipinski definition) is 3. The van der Waals surface area contributed by atoms with Crippen LogP contribution in [0.5, 0.6) is 0 Å². The zero-order valence-electron chi connectivity index (χ0n) is 8.84. The van der Waals surface area contributed by atoms with Gasteiger partial charge >= 0.3 is 6.09 Å². The number of hydrogen-bond donors (Lipinski definition) is 1. The standard InChI is InChI=1S/C9H17FN2O2/c1-9(2,3)14-8(13)12-5-4-11-7(10)6-12/h7,11H,4-6H2,1-3H3.